The fourth-order valence-electron chi connectivity index (χ4n) is 7.39. The second-order valence-electron chi connectivity index (χ2n) is 14.5. The van der Waals surface area contributed by atoms with Crippen molar-refractivity contribution in [3.05, 3.63) is 113 Å². The van der Waals surface area contributed by atoms with Crippen LogP contribution in [0.4, 0.5) is 10.0 Å². The maximum absolute atomic E-state index is 13.7. The van der Waals surface area contributed by atoms with Crippen LogP contribution < -0.4 is 21.5 Å². The Hall–Kier alpha value is -4.14. The second-order valence-corrected chi connectivity index (χ2v) is 20.4. The highest BCUT2D eigenvalue weighted by atomic mass is 35.5. The number of aryl methyl sites for hydroxylation is 2. The van der Waals surface area contributed by atoms with Gasteiger partial charge in [-0.15, -0.1) is 66.3 Å². The highest BCUT2D eigenvalue weighted by molar-refractivity contribution is 8.15. The molecule has 4 N–H and O–H groups in total. The van der Waals surface area contributed by atoms with Crippen LogP contribution in [-0.2, 0) is 48.1 Å². The van der Waals surface area contributed by atoms with Crippen molar-refractivity contribution >= 4 is 126 Å². The SMILES string of the molecule is O=C(CCl)Nc1sc2c(c1Cc1nnc(SCSc3nnc(Cc4c(NC(=O)CCl)sc5c4CCCC5)n3NC(=O)c3ccc(Cl)cc3)n1NC(=O)c1ccc(Cl)cc1)CCCC2. The van der Waals surface area contributed by atoms with Crippen molar-refractivity contribution < 1.29 is 19.2 Å². The monoisotopic (exact) mass is 1000 g/mol. The van der Waals surface area contributed by atoms with E-state index in [-0.39, 0.29) is 36.4 Å². The van der Waals surface area contributed by atoms with Gasteiger partial charge in [-0.3, -0.25) is 30.0 Å². The summed E-state index contributed by atoms with van der Waals surface area (Å²) in [6, 6.07) is 13.1. The molecule has 0 bridgehead atoms. The average Bonchev–Trinajstić information content (AvgIpc) is 4.05. The third-order valence-electron chi connectivity index (χ3n) is 10.4. The second kappa shape index (κ2) is 20.8. The van der Waals surface area contributed by atoms with Gasteiger partial charge in [0, 0.05) is 43.8 Å². The Morgan fingerprint density at radius 3 is 1.38 bits per heavy atom. The number of amides is 4. The quantitative estimate of drug-likeness (QED) is 0.0415. The van der Waals surface area contributed by atoms with Crippen molar-refractivity contribution in [1.82, 2.24) is 29.7 Å². The third kappa shape index (κ3) is 10.7. The molecule has 2 aliphatic carbocycles. The number of nitrogens with one attached hydrogen (secondary N) is 4. The number of nitrogens with zero attached hydrogens (tertiary/aromatic N) is 6. The number of thiophene rings is 2. The normalized spacial score (nSPS) is 13.3. The van der Waals surface area contributed by atoms with Gasteiger partial charge >= 0.3 is 0 Å². The molecule has 63 heavy (non-hydrogen) atoms. The first-order valence-corrected chi connectivity index (χ1v) is 25.3. The van der Waals surface area contributed by atoms with Crippen LogP contribution in [0.2, 0.25) is 10.0 Å². The van der Waals surface area contributed by atoms with Crippen LogP contribution in [0.15, 0.2) is 58.8 Å². The van der Waals surface area contributed by atoms with Gasteiger partial charge < -0.3 is 10.6 Å². The lowest BCUT2D eigenvalue weighted by Crippen LogP contribution is -2.26. The number of fused-ring (bicyclic) bond motifs is 2. The summed E-state index contributed by atoms with van der Waals surface area (Å²) in [6.45, 7) is 0. The minimum absolute atomic E-state index is 0.183. The summed E-state index contributed by atoms with van der Waals surface area (Å²) < 4.78 is 3.13. The van der Waals surface area contributed by atoms with Crippen molar-refractivity contribution in [2.45, 2.75) is 74.5 Å². The molecular formula is C41H38Cl4N10O4S4. The van der Waals surface area contributed by atoms with E-state index in [4.69, 9.17) is 46.4 Å². The van der Waals surface area contributed by atoms with Gasteiger partial charge in [-0.1, -0.05) is 46.7 Å². The topological polar surface area (TPSA) is 178 Å². The van der Waals surface area contributed by atoms with Gasteiger partial charge in [0.25, 0.3) is 11.8 Å². The minimum Gasteiger partial charge on any atom is -0.316 e. The molecule has 2 aliphatic rings. The molecule has 2 aromatic carbocycles. The Bertz CT molecular complexity index is 2490. The predicted molar refractivity (Wildman–Crippen MR) is 253 cm³/mol. The largest absolute Gasteiger partial charge is 0.316 e. The van der Waals surface area contributed by atoms with Gasteiger partial charge in [0.05, 0.1) is 15.1 Å². The number of halogens is 4. The van der Waals surface area contributed by atoms with Gasteiger partial charge in [0.15, 0.2) is 11.6 Å². The van der Waals surface area contributed by atoms with Crippen molar-refractivity contribution in [3.8, 4) is 0 Å². The molecule has 328 valence electrons. The van der Waals surface area contributed by atoms with E-state index in [2.05, 4.69) is 41.9 Å². The molecule has 22 heteroatoms. The molecule has 4 amide bonds. The molecule has 6 aromatic rings. The number of carbonyl (C=O) groups excluding carboxylic acids is 4. The van der Waals surface area contributed by atoms with Crippen LogP contribution in [-0.4, -0.2) is 70.2 Å². The Morgan fingerprint density at radius 2 is 0.984 bits per heavy atom. The zero-order chi connectivity index (χ0) is 44.0. The Morgan fingerprint density at radius 1 is 0.587 bits per heavy atom. The van der Waals surface area contributed by atoms with E-state index in [9.17, 15) is 19.2 Å². The summed E-state index contributed by atoms with van der Waals surface area (Å²) in [5, 5.41) is 27.6. The van der Waals surface area contributed by atoms with Gasteiger partial charge in [-0.2, -0.15) is 0 Å². The van der Waals surface area contributed by atoms with E-state index >= 15 is 0 Å². The van der Waals surface area contributed by atoms with Crippen LogP contribution in [0.5, 0.6) is 0 Å². The number of benzene rings is 2. The highest BCUT2D eigenvalue weighted by Crippen LogP contribution is 2.41. The maximum Gasteiger partial charge on any atom is 0.270 e. The molecule has 0 radical (unpaired) electrons. The minimum atomic E-state index is -0.406. The lowest BCUT2D eigenvalue weighted by molar-refractivity contribution is -0.114. The Kier molecular flexibility index (Phi) is 15.0. The van der Waals surface area contributed by atoms with E-state index in [1.807, 2.05) is 0 Å². The first-order valence-electron chi connectivity index (χ1n) is 19.8. The number of alkyl halides is 2. The van der Waals surface area contributed by atoms with Crippen LogP contribution in [0.1, 0.15) is 90.1 Å². The maximum atomic E-state index is 13.7. The van der Waals surface area contributed by atoms with E-state index in [0.29, 0.717) is 58.2 Å². The number of hydrogen-bond acceptors (Lipinski definition) is 12. The molecule has 0 aliphatic heterocycles. The van der Waals surface area contributed by atoms with E-state index < -0.39 is 11.8 Å². The molecule has 0 saturated carbocycles. The summed E-state index contributed by atoms with van der Waals surface area (Å²) >= 11 is 29.7. The summed E-state index contributed by atoms with van der Waals surface area (Å²) in [6.07, 6.45) is 8.26. The van der Waals surface area contributed by atoms with Gasteiger partial charge in [-0.25, -0.2) is 9.35 Å². The van der Waals surface area contributed by atoms with E-state index in [0.717, 1.165) is 62.5 Å². The summed E-state index contributed by atoms with van der Waals surface area (Å²) in [5.41, 5.74) is 10.9. The van der Waals surface area contributed by atoms with Crippen LogP contribution in [0.3, 0.4) is 0 Å². The molecule has 8 rings (SSSR count). The van der Waals surface area contributed by atoms with Gasteiger partial charge in [-0.05, 0) is 122 Å². The molecule has 0 fully saturated rings. The molecule has 0 atom stereocenters. The van der Waals surface area contributed by atoms with Crippen molar-refractivity contribution in [1.29, 1.82) is 0 Å². The van der Waals surface area contributed by atoms with Crippen molar-refractivity contribution in [2.24, 2.45) is 0 Å². The number of anilines is 2. The summed E-state index contributed by atoms with van der Waals surface area (Å²) in [5.74, 6) is -0.890. The van der Waals surface area contributed by atoms with Crippen LogP contribution in [0.25, 0.3) is 0 Å². The predicted octanol–water partition coefficient (Wildman–Crippen LogP) is 9.20. The summed E-state index contributed by atoms with van der Waals surface area (Å²) in [7, 11) is 0. The van der Waals surface area contributed by atoms with Crippen molar-refractivity contribution in [3.63, 3.8) is 0 Å². The molecule has 0 saturated heterocycles. The lowest BCUT2D eigenvalue weighted by atomic mass is 9.94. The molecule has 4 heterocycles. The Labute approximate surface area is 398 Å². The zero-order valence-electron chi connectivity index (χ0n) is 33.3. The third-order valence-corrected chi connectivity index (χ3v) is 15.9. The average molecular weight is 1000 g/mol. The first kappa shape index (κ1) is 45.4. The number of carbonyl (C=O) groups is 4. The fourth-order valence-corrected chi connectivity index (χ4v) is 12.3. The molecular weight excluding hydrogens is 967 g/mol. The smallest absolute Gasteiger partial charge is 0.270 e. The van der Waals surface area contributed by atoms with Gasteiger partial charge in [0.2, 0.25) is 22.1 Å². The molecule has 0 spiro atoms. The van der Waals surface area contributed by atoms with Crippen LogP contribution in [0, 0.1) is 0 Å². The fraction of sp³-hybridized carbons (Fsp3) is 0.317. The number of hydrogen-bond donors (Lipinski definition) is 4. The standard InChI is InChI=1S/C41H38Cl4N10O4S4/c42-19-34(56)46-38-28(26-5-1-3-7-30(26)62-38)17-32-48-50-40(54(32)52-36(58)22-9-13-24(44)14-10-22)60-21-61-41-51-49-33(55(41)53-37(59)23-11-15-25(45)16-12-23)18-29-27-6-2-4-8-31(27)63-39(29)47-35(57)20-43/h9-16H,1-8,17-21H2,(H,46,56)(H,47,57)(H,52,58)(H,53,59). The number of aromatic nitrogens is 6. The zero-order valence-corrected chi connectivity index (χ0v) is 39.6. The number of rotatable bonds is 16. The first-order chi connectivity index (χ1) is 30.6. The molecule has 14 nitrogen and oxygen atoms in total. The molecule has 0 unspecified atom stereocenters. The van der Waals surface area contributed by atoms with E-state index in [1.165, 1.54) is 44.4 Å². The van der Waals surface area contributed by atoms with E-state index in [1.54, 1.807) is 80.6 Å². The van der Waals surface area contributed by atoms with Crippen LogP contribution >= 0.6 is 92.6 Å². The van der Waals surface area contributed by atoms with Crippen molar-refractivity contribution in [2.75, 3.05) is 38.3 Å². The van der Waals surface area contributed by atoms with Gasteiger partial charge in [0.1, 0.15) is 11.8 Å². The Balaban J connectivity index is 1.09. The lowest BCUT2D eigenvalue weighted by Gasteiger charge is -2.15. The number of thioether (sulfide) groups is 2. The summed E-state index contributed by atoms with van der Waals surface area (Å²) in [4.78, 5) is 54.8. The molecule has 4 aromatic heterocycles. The highest BCUT2D eigenvalue weighted by Gasteiger charge is 2.28.